The van der Waals surface area contributed by atoms with Crippen molar-refractivity contribution in [3.8, 4) is 5.75 Å². The highest BCUT2D eigenvalue weighted by molar-refractivity contribution is 6.06. The summed E-state index contributed by atoms with van der Waals surface area (Å²) in [6.45, 7) is 0.413. The van der Waals surface area contributed by atoms with Crippen LogP contribution in [0.4, 0.5) is 15.8 Å². The Labute approximate surface area is 183 Å². The van der Waals surface area contributed by atoms with Crippen molar-refractivity contribution in [2.75, 3.05) is 17.7 Å². The predicted octanol–water partition coefficient (Wildman–Crippen LogP) is 4.47. The lowest BCUT2D eigenvalue weighted by molar-refractivity contribution is -0.116. The molecule has 162 valence electrons. The summed E-state index contributed by atoms with van der Waals surface area (Å²) < 4.78 is 20.1. The largest absolute Gasteiger partial charge is 0.495 e. The number of aromatic nitrogens is 2. The molecule has 0 unspecified atom stereocenters. The van der Waals surface area contributed by atoms with Crippen molar-refractivity contribution >= 4 is 34.2 Å². The lowest BCUT2D eigenvalue weighted by Crippen LogP contribution is -2.14. The van der Waals surface area contributed by atoms with Crippen LogP contribution in [0.1, 0.15) is 16.8 Å². The van der Waals surface area contributed by atoms with Gasteiger partial charge in [0.2, 0.25) is 5.91 Å². The molecule has 2 N–H and O–H groups in total. The number of rotatable bonds is 7. The van der Waals surface area contributed by atoms with E-state index < -0.39 is 0 Å². The molecular weight excluding hydrogens is 411 g/mol. The number of fused-ring (bicyclic) bond motifs is 1. The highest BCUT2D eigenvalue weighted by Gasteiger charge is 2.12. The van der Waals surface area contributed by atoms with Gasteiger partial charge in [0.25, 0.3) is 5.91 Å². The molecule has 32 heavy (non-hydrogen) atoms. The van der Waals surface area contributed by atoms with Crippen LogP contribution < -0.4 is 15.4 Å². The molecule has 0 aliphatic heterocycles. The van der Waals surface area contributed by atoms with Crippen LogP contribution in [0.2, 0.25) is 0 Å². The molecular formula is C24H21FN4O3. The predicted molar refractivity (Wildman–Crippen MR) is 120 cm³/mol. The van der Waals surface area contributed by atoms with Crippen molar-refractivity contribution < 1.29 is 18.7 Å². The lowest BCUT2D eigenvalue weighted by Gasteiger charge is -2.10. The van der Waals surface area contributed by atoms with Gasteiger partial charge in [0.15, 0.2) is 0 Å². The average Bonchev–Trinajstić information content (AvgIpc) is 3.22. The number of hydrogen-bond donors (Lipinski definition) is 2. The van der Waals surface area contributed by atoms with E-state index in [2.05, 4.69) is 15.6 Å². The van der Waals surface area contributed by atoms with Gasteiger partial charge >= 0.3 is 0 Å². The molecule has 0 bridgehead atoms. The number of imidazole rings is 1. The van der Waals surface area contributed by atoms with E-state index in [-0.39, 0.29) is 24.1 Å². The Morgan fingerprint density at radius 3 is 2.59 bits per heavy atom. The molecule has 0 saturated heterocycles. The Morgan fingerprint density at radius 2 is 1.81 bits per heavy atom. The number of nitrogens with zero attached hydrogens (tertiary/aromatic N) is 2. The second-order valence-corrected chi connectivity index (χ2v) is 7.10. The number of para-hydroxylation sites is 2. The Balaban J connectivity index is 1.41. The van der Waals surface area contributed by atoms with Crippen LogP contribution >= 0.6 is 0 Å². The maximum atomic E-state index is 13.0. The number of nitrogens with one attached hydrogen (secondary N) is 2. The molecule has 0 aliphatic carbocycles. The number of methoxy groups -OCH3 is 1. The summed E-state index contributed by atoms with van der Waals surface area (Å²) in [5.41, 5.74) is 3.04. The maximum Gasteiger partial charge on any atom is 0.255 e. The fraction of sp³-hybridized carbons (Fsp3) is 0.125. The first-order valence-electron chi connectivity index (χ1n) is 9.98. The summed E-state index contributed by atoms with van der Waals surface area (Å²) in [4.78, 5) is 29.2. The SMILES string of the molecule is COc1ccccc1NC(=O)c1ccc2c(c1)ncn2CCC(=O)Nc1ccc(F)cc1. The molecule has 7 nitrogen and oxygen atoms in total. The standard InChI is InChI=1S/C24H21FN4O3/c1-32-22-5-3-2-4-19(22)28-24(31)16-6-11-21-20(14-16)26-15-29(21)13-12-23(30)27-18-9-7-17(25)8-10-18/h2-11,14-15H,12-13H2,1H3,(H,27,30)(H,28,31). The van der Waals surface area contributed by atoms with Crippen LogP contribution in [0.5, 0.6) is 5.75 Å². The fourth-order valence-corrected chi connectivity index (χ4v) is 3.30. The molecule has 0 spiro atoms. The number of amides is 2. The van der Waals surface area contributed by atoms with E-state index in [0.29, 0.717) is 34.7 Å². The molecule has 4 rings (SSSR count). The van der Waals surface area contributed by atoms with Crippen molar-refractivity contribution in [1.82, 2.24) is 9.55 Å². The number of anilines is 2. The van der Waals surface area contributed by atoms with Crippen LogP contribution in [-0.2, 0) is 11.3 Å². The number of ether oxygens (including phenoxy) is 1. The van der Waals surface area contributed by atoms with Crippen molar-refractivity contribution in [2.24, 2.45) is 0 Å². The molecule has 4 aromatic rings. The van der Waals surface area contributed by atoms with E-state index in [1.54, 1.807) is 43.8 Å². The number of carbonyl (C=O) groups is 2. The van der Waals surface area contributed by atoms with Gasteiger partial charge in [-0.25, -0.2) is 9.37 Å². The van der Waals surface area contributed by atoms with Crippen molar-refractivity contribution in [1.29, 1.82) is 0 Å². The topological polar surface area (TPSA) is 85.2 Å². The normalized spacial score (nSPS) is 10.7. The van der Waals surface area contributed by atoms with E-state index >= 15 is 0 Å². The third-order valence-electron chi connectivity index (χ3n) is 4.95. The van der Waals surface area contributed by atoms with Crippen LogP contribution in [-0.4, -0.2) is 28.5 Å². The van der Waals surface area contributed by atoms with Crippen LogP contribution in [0, 0.1) is 5.82 Å². The van der Waals surface area contributed by atoms with E-state index in [4.69, 9.17) is 4.74 Å². The van der Waals surface area contributed by atoms with Gasteiger partial charge in [-0.05, 0) is 54.6 Å². The summed E-state index contributed by atoms with van der Waals surface area (Å²) in [6.07, 6.45) is 1.86. The monoisotopic (exact) mass is 432 g/mol. The summed E-state index contributed by atoms with van der Waals surface area (Å²) >= 11 is 0. The molecule has 2 amide bonds. The second-order valence-electron chi connectivity index (χ2n) is 7.10. The molecule has 8 heteroatoms. The van der Waals surface area contributed by atoms with Gasteiger partial charge in [0.1, 0.15) is 11.6 Å². The maximum absolute atomic E-state index is 13.0. The van der Waals surface area contributed by atoms with Crippen molar-refractivity contribution in [2.45, 2.75) is 13.0 Å². The van der Waals surface area contributed by atoms with Gasteiger partial charge in [-0.15, -0.1) is 0 Å². The first-order valence-corrected chi connectivity index (χ1v) is 9.98. The van der Waals surface area contributed by atoms with Crippen LogP contribution in [0.15, 0.2) is 73.1 Å². The number of aryl methyl sites for hydroxylation is 1. The highest BCUT2D eigenvalue weighted by Crippen LogP contribution is 2.24. The zero-order chi connectivity index (χ0) is 22.5. The van der Waals surface area contributed by atoms with Crippen LogP contribution in [0.25, 0.3) is 11.0 Å². The highest BCUT2D eigenvalue weighted by atomic mass is 19.1. The average molecular weight is 432 g/mol. The third kappa shape index (κ3) is 4.75. The molecule has 3 aromatic carbocycles. The third-order valence-corrected chi connectivity index (χ3v) is 4.95. The Hall–Kier alpha value is -4.20. The van der Waals surface area contributed by atoms with Gasteiger partial charge in [0, 0.05) is 24.2 Å². The molecule has 0 atom stereocenters. The number of benzene rings is 3. The van der Waals surface area contributed by atoms with E-state index in [1.165, 1.54) is 24.3 Å². The Kier molecular flexibility index (Phi) is 6.12. The van der Waals surface area contributed by atoms with Crippen molar-refractivity contribution in [3.05, 3.63) is 84.4 Å². The van der Waals surface area contributed by atoms with Crippen molar-refractivity contribution in [3.63, 3.8) is 0 Å². The van der Waals surface area contributed by atoms with Crippen LogP contribution in [0.3, 0.4) is 0 Å². The first-order chi connectivity index (χ1) is 15.5. The van der Waals surface area contributed by atoms with Gasteiger partial charge in [-0.1, -0.05) is 12.1 Å². The minimum Gasteiger partial charge on any atom is -0.495 e. The minimum absolute atomic E-state index is 0.189. The summed E-state index contributed by atoms with van der Waals surface area (Å²) in [7, 11) is 1.55. The Morgan fingerprint density at radius 1 is 1.03 bits per heavy atom. The van der Waals surface area contributed by atoms with Gasteiger partial charge in [-0.2, -0.15) is 0 Å². The van der Waals surface area contributed by atoms with E-state index in [0.717, 1.165) is 5.52 Å². The number of halogens is 1. The second kappa shape index (κ2) is 9.30. The lowest BCUT2D eigenvalue weighted by atomic mass is 10.1. The summed E-state index contributed by atoms with van der Waals surface area (Å²) in [5, 5.41) is 5.57. The number of carbonyl (C=O) groups excluding carboxylic acids is 2. The zero-order valence-electron chi connectivity index (χ0n) is 17.3. The molecule has 0 saturated carbocycles. The molecule has 0 aliphatic rings. The zero-order valence-corrected chi connectivity index (χ0v) is 17.3. The minimum atomic E-state index is -0.358. The first kappa shape index (κ1) is 21.0. The van der Waals surface area contributed by atoms with Gasteiger partial charge in [0.05, 0.1) is 30.2 Å². The molecule has 1 heterocycles. The summed E-state index contributed by atoms with van der Waals surface area (Å²) in [5.74, 6) is -0.246. The molecule has 1 aromatic heterocycles. The number of hydrogen-bond acceptors (Lipinski definition) is 4. The fourth-order valence-electron chi connectivity index (χ4n) is 3.30. The van der Waals surface area contributed by atoms with E-state index in [1.807, 2.05) is 16.7 Å². The van der Waals surface area contributed by atoms with Gasteiger partial charge < -0.3 is 19.9 Å². The molecule has 0 radical (unpaired) electrons. The smallest absolute Gasteiger partial charge is 0.255 e. The Bertz CT molecular complexity index is 1270. The molecule has 0 fully saturated rings. The van der Waals surface area contributed by atoms with Gasteiger partial charge in [-0.3, -0.25) is 9.59 Å². The summed E-state index contributed by atoms with van der Waals surface area (Å²) in [6, 6.07) is 18.0. The van der Waals surface area contributed by atoms with E-state index in [9.17, 15) is 14.0 Å². The quantitative estimate of drug-likeness (QED) is 0.451.